The molecule has 5 rings (SSSR count). The van der Waals surface area contributed by atoms with E-state index in [-0.39, 0.29) is 6.04 Å². The maximum absolute atomic E-state index is 4.59. The van der Waals surface area contributed by atoms with E-state index in [1.54, 1.807) is 34.2 Å². The molecule has 0 radical (unpaired) electrons. The first-order valence-corrected chi connectivity index (χ1v) is 10.5. The molecule has 1 aliphatic heterocycles. The van der Waals surface area contributed by atoms with E-state index in [1.165, 1.54) is 0 Å². The van der Waals surface area contributed by atoms with Gasteiger partial charge in [-0.3, -0.25) is 9.55 Å². The molecule has 0 aliphatic carbocycles. The maximum atomic E-state index is 4.59. The Morgan fingerprint density at radius 3 is 3.04 bits per heavy atom. The van der Waals surface area contributed by atoms with Gasteiger partial charge in [-0.15, -0.1) is 15.3 Å². The quantitative estimate of drug-likeness (QED) is 0.487. The summed E-state index contributed by atoms with van der Waals surface area (Å²) in [5.74, 6) is 3.33. The smallest absolute Gasteiger partial charge is 0.253 e. The zero-order valence-corrected chi connectivity index (χ0v) is 16.4. The van der Waals surface area contributed by atoms with Crippen LogP contribution in [0.2, 0.25) is 0 Å². The fraction of sp³-hybridized carbons (Fsp3) is 0.294. The normalized spacial score (nSPS) is 16.1. The Kier molecular flexibility index (Phi) is 4.09. The fourth-order valence-electron chi connectivity index (χ4n) is 3.14. The lowest BCUT2D eigenvalue weighted by atomic mass is 10.2. The predicted molar refractivity (Wildman–Crippen MR) is 104 cm³/mol. The zero-order valence-electron chi connectivity index (χ0n) is 14.8. The van der Waals surface area contributed by atoms with Crippen molar-refractivity contribution in [3.05, 3.63) is 42.0 Å². The molecule has 10 heteroatoms. The Bertz CT molecular complexity index is 1120. The zero-order chi connectivity index (χ0) is 18.4. The van der Waals surface area contributed by atoms with E-state index in [9.17, 15) is 0 Å². The highest BCUT2D eigenvalue weighted by atomic mass is 32.2. The van der Waals surface area contributed by atoms with E-state index >= 15 is 0 Å². The lowest BCUT2D eigenvalue weighted by Crippen LogP contribution is -2.11. The third-order valence-corrected chi connectivity index (χ3v) is 6.43. The summed E-state index contributed by atoms with van der Waals surface area (Å²) in [5.41, 5.74) is 2.97. The maximum Gasteiger partial charge on any atom is 0.253 e. The van der Waals surface area contributed by atoms with Crippen molar-refractivity contribution in [2.75, 3.05) is 11.5 Å². The van der Waals surface area contributed by atoms with Crippen molar-refractivity contribution in [2.45, 2.75) is 30.2 Å². The number of aryl methyl sites for hydroxylation is 2. The van der Waals surface area contributed by atoms with Gasteiger partial charge in [0.25, 0.3) is 5.78 Å². The second kappa shape index (κ2) is 6.61. The predicted octanol–water partition coefficient (Wildman–Crippen LogP) is 2.83. The molecular weight excluding hydrogens is 380 g/mol. The van der Waals surface area contributed by atoms with Crippen LogP contribution in [-0.4, -0.2) is 50.8 Å². The average molecular weight is 397 g/mol. The molecule has 0 fully saturated rings. The molecule has 5 heterocycles. The SMILES string of the molecule is Cc1cc(C)n2nc(SC[C@H]3CSc4nnc(-c5cccnc5)n43)nc2n1. The summed E-state index contributed by atoms with van der Waals surface area (Å²) in [7, 11) is 0. The van der Waals surface area contributed by atoms with Crippen LogP contribution in [0.5, 0.6) is 0 Å². The van der Waals surface area contributed by atoms with Crippen molar-refractivity contribution < 1.29 is 0 Å². The van der Waals surface area contributed by atoms with E-state index in [0.29, 0.717) is 5.78 Å². The number of aromatic nitrogens is 8. The van der Waals surface area contributed by atoms with Gasteiger partial charge in [0, 0.05) is 40.9 Å². The van der Waals surface area contributed by atoms with Crippen LogP contribution in [0.1, 0.15) is 17.4 Å². The summed E-state index contributed by atoms with van der Waals surface area (Å²) >= 11 is 3.37. The summed E-state index contributed by atoms with van der Waals surface area (Å²) in [4.78, 5) is 13.2. The molecule has 4 aromatic heterocycles. The van der Waals surface area contributed by atoms with Gasteiger partial charge in [0.1, 0.15) is 0 Å². The summed E-state index contributed by atoms with van der Waals surface area (Å²) in [5, 5.41) is 15.0. The number of thioether (sulfide) groups is 2. The number of pyridine rings is 1. The number of fused-ring (bicyclic) bond motifs is 2. The highest BCUT2D eigenvalue weighted by molar-refractivity contribution is 8.00. The van der Waals surface area contributed by atoms with Gasteiger partial charge in [0.15, 0.2) is 11.0 Å². The Morgan fingerprint density at radius 1 is 1.26 bits per heavy atom. The molecule has 0 bridgehead atoms. The average Bonchev–Trinajstić information content (AvgIpc) is 3.35. The molecule has 0 amide bonds. The molecule has 8 nitrogen and oxygen atoms in total. The Balaban J connectivity index is 1.40. The molecule has 1 atom stereocenters. The molecule has 0 N–H and O–H groups in total. The Labute approximate surface area is 163 Å². The Hall–Kier alpha value is -2.46. The molecule has 0 saturated heterocycles. The van der Waals surface area contributed by atoms with Crippen LogP contribution in [0.15, 0.2) is 40.9 Å². The highest BCUT2D eigenvalue weighted by Crippen LogP contribution is 2.38. The van der Waals surface area contributed by atoms with Gasteiger partial charge >= 0.3 is 0 Å². The summed E-state index contributed by atoms with van der Waals surface area (Å²) in [6.45, 7) is 3.99. The van der Waals surface area contributed by atoms with Crippen molar-refractivity contribution in [1.29, 1.82) is 0 Å². The first kappa shape index (κ1) is 16.7. The topological polar surface area (TPSA) is 86.7 Å². The van der Waals surface area contributed by atoms with Gasteiger partial charge < -0.3 is 0 Å². The molecule has 4 aromatic rings. The minimum atomic E-state index is 0.280. The van der Waals surface area contributed by atoms with Gasteiger partial charge in [0.2, 0.25) is 5.16 Å². The molecule has 0 spiro atoms. The molecule has 1 aliphatic rings. The summed E-state index contributed by atoms with van der Waals surface area (Å²) in [6, 6.07) is 6.22. The van der Waals surface area contributed by atoms with E-state index in [1.807, 2.05) is 38.2 Å². The van der Waals surface area contributed by atoms with Crippen molar-refractivity contribution in [1.82, 2.24) is 39.3 Å². The number of hydrogen-bond acceptors (Lipinski definition) is 8. The van der Waals surface area contributed by atoms with Crippen molar-refractivity contribution >= 4 is 29.3 Å². The van der Waals surface area contributed by atoms with E-state index < -0.39 is 0 Å². The fourth-order valence-corrected chi connectivity index (χ4v) is 5.27. The first-order valence-electron chi connectivity index (χ1n) is 8.51. The van der Waals surface area contributed by atoms with Gasteiger partial charge in [-0.2, -0.15) is 4.98 Å². The van der Waals surface area contributed by atoms with Crippen LogP contribution >= 0.6 is 23.5 Å². The first-order chi connectivity index (χ1) is 13.2. The van der Waals surface area contributed by atoms with E-state index in [2.05, 4.69) is 34.8 Å². The summed E-state index contributed by atoms with van der Waals surface area (Å²) in [6.07, 6.45) is 3.59. The molecule has 136 valence electrons. The van der Waals surface area contributed by atoms with Crippen molar-refractivity contribution in [3.63, 3.8) is 0 Å². The lowest BCUT2D eigenvalue weighted by Gasteiger charge is -2.12. The van der Waals surface area contributed by atoms with Gasteiger partial charge in [0.05, 0.1) is 6.04 Å². The standard InChI is InChI=1S/C17H16N8S2/c1-10-6-11(2)25-15(19-10)20-16(23-25)26-8-13-9-27-17-22-21-14(24(13)17)12-4-3-5-18-7-12/h3-7,13H,8-9H2,1-2H3/t13-/m0/s1. The van der Waals surface area contributed by atoms with Crippen molar-refractivity contribution in [3.8, 4) is 11.4 Å². The second-order valence-electron chi connectivity index (χ2n) is 6.34. The van der Waals surface area contributed by atoms with E-state index in [0.717, 1.165) is 44.6 Å². The van der Waals surface area contributed by atoms with Crippen molar-refractivity contribution in [2.24, 2.45) is 0 Å². The minimum absolute atomic E-state index is 0.280. The molecule has 27 heavy (non-hydrogen) atoms. The van der Waals surface area contributed by atoms with Gasteiger partial charge in [-0.05, 0) is 32.0 Å². The lowest BCUT2D eigenvalue weighted by molar-refractivity contribution is 0.596. The van der Waals surface area contributed by atoms with E-state index in [4.69, 9.17) is 0 Å². The largest absolute Gasteiger partial charge is 0.297 e. The molecule has 0 aromatic carbocycles. The van der Waals surface area contributed by atoms with Crippen LogP contribution in [0.3, 0.4) is 0 Å². The third-order valence-electron chi connectivity index (χ3n) is 4.36. The summed E-state index contributed by atoms with van der Waals surface area (Å²) < 4.78 is 4.00. The van der Waals surface area contributed by atoms with Crippen LogP contribution in [0, 0.1) is 13.8 Å². The van der Waals surface area contributed by atoms with Crippen LogP contribution < -0.4 is 0 Å². The van der Waals surface area contributed by atoms with Gasteiger partial charge in [-0.1, -0.05) is 23.5 Å². The molecule has 0 unspecified atom stereocenters. The van der Waals surface area contributed by atoms with Crippen LogP contribution in [0.25, 0.3) is 17.2 Å². The number of rotatable bonds is 4. The van der Waals surface area contributed by atoms with Crippen LogP contribution in [-0.2, 0) is 0 Å². The Morgan fingerprint density at radius 2 is 2.19 bits per heavy atom. The molecule has 0 saturated carbocycles. The molecular formula is C17H16N8S2. The second-order valence-corrected chi connectivity index (χ2v) is 8.31. The third kappa shape index (κ3) is 2.98. The number of nitrogens with zero attached hydrogens (tertiary/aromatic N) is 8. The highest BCUT2D eigenvalue weighted by Gasteiger charge is 2.29. The monoisotopic (exact) mass is 396 g/mol. The number of hydrogen-bond donors (Lipinski definition) is 0. The minimum Gasteiger partial charge on any atom is -0.297 e. The van der Waals surface area contributed by atoms with Gasteiger partial charge in [-0.25, -0.2) is 9.50 Å². The van der Waals surface area contributed by atoms with Crippen LogP contribution in [0.4, 0.5) is 0 Å².